The summed E-state index contributed by atoms with van der Waals surface area (Å²) in [7, 11) is 0. The summed E-state index contributed by atoms with van der Waals surface area (Å²) in [5.41, 5.74) is 0.230. The van der Waals surface area contributed by atoms with Crippen molar-refractivity contribution in [1.29, 1.82) is 0 Å². The van der Waals surface area contributed by atoms with Crippen molar-refractivity contribution < 1.29 is 4.79 Å². The summed E-state index contributed by atoms with van der Waals surface area (Å²) in [6.45, 7) is 3.64. The second-order valence-corrected chi connectivity index (χ2v) is 2.59. The van der Waals surface area contributed by atoms with Gasteiger partial charge in [0.2, 0.25) is 0 Å². The molecule has 0 radical (unpaired) electrons. The predicted octanol–water partition coefficient (Wildman–Crippen LogP) is 0.287. The number of amides is 1. The maximum Gasteiger partial charge on any atom is 0.273 e. The molecule has 0 aliphatic carbocycles. The molecule has 64 valence electrons. The zero-order chi connectivity index (χ0) is 8.97. The highest BCUT2D eigenvalue weighted by Crippen LogP contribution is 1.94. The fourth-order valence-corrected chi connectivity index (χ4v) is 0.645. The zero-order valence-corrected chi connectivity index (χ0v) is 6.93. The first-order valence-electron chi connectivity index (χ1n) is 3.17. The van der Waals surface area contributed by atoms with Crippen LogP contribution in [0.4, 0.5) is 0 Å². The Balaban J connectivity index is 2.45. The van der Waals surface area contributed by atoms with E-state index in [-0.39, 0.29) is 18.1 Å². The largest absolute Gasteiger partial charge is 0.346 e. The molecule has 6 heteroatoms. The van der Waals surface area contributed by atoms with Crippen LogP contribution in [0.5, 0.6) is 0 Å². The maximum absolute atomic E-state index is 11.1. The van der Waals surface area contributed by atoms with Gasteiger partial charge in [0.15, 0.2) is 5.69 Å². The fraction of sp³-hybridized carbons (Fsp3) is 0.167. The van der Waals surface area contributed by atoms with E-state index < -0.39 is 0 Å². The lowest BCUT2D eigenvalue weighted by molar-refractivity contribution is 0.0952. The number of aromatic nitrogens is 3. The number of halogens is 1. The third kappa shape index (κ3) is 2.35. The van der Waals surface area contributed by atoms with Gasteiger partial charge in [0.05, 0.1) is 12.7 Å². The van der Waals surface area contributed by atoms with Crippen molar-refractivity contribution in [3.8, 4) is 0 Å². The number of rotatable bonds is 3. The van der Waals surface area contributed by atoms with Crippen LogP contribution in [0.25, 0.3) is 0 Å². The normalized spacial score (nSPS) is 9.42. The van der Waals surface area contributed by atoms with Gasteiger partial charge in [-0.1, -0.05) is 18.2 Å². The second-order valence-electron chi connectivity index (χ2n) is 2.06. The number of hydrogen-bond donors (Lipinski definition) is 2. The highest BCUT2D eigenvalue weighted by Gasteiger charge is 2.06. The molecule has 1 aromatic rings. The van der Waals surface area contributed by atoms with Gasteiger partial charge < -0.3 is 5.32 Å². The minimum Gasteiger partial charge on any atom is -0.346 e. The highest BCUT2D eigenvalue weighted by atomic mass is 35.5. The van der Waals surface area contributed by atoms with Gasteiger partial charge in [-0.05, 0) is 0 Å². The first-order valence-corrected chi connectivity index (χ1v) is 3.55. The van der Waals surface area contributed by atoms with E-state index in [9.17, 15) is 4.79 Å². The van der Waals surface area contributed by atoms with E-state index in [1.807, 2.05) is 0 Å². The average Bonchev–Trinajstić information content (AvgIpc) is 2.51. The number of hydrogen-bond acceptors (Lipinski definition) is 3. The van der Waals surface area contributed by atoms with Crippen molar-refractivity contribution in [1.82, 2.24) is 20.7 Å². The standard InChI is InChI=1S/C6H7ClN4O/c1-4(7)2-8-6(12)5-3-9-11-10-5/h3H,1-2H2,(H,8,12)(H,9,10,11). The van der Waals surface area contributed by atoms with Crippen molar-refractivity contribution in [2.24, 2.45) is 0 Å². The molecule has 1 aromatic heterocycles. The van der Waals surface area contributed by atoms with Crippen LogP contribution in [0.2, 0.25) is 0 Å². The lowest BCUT2D eigenvalue weighted by Crippen LogP contribution is -2.24. The third-order valence-electron chi connectivity index (χ3n) is 1.09. The number of H-pyrrole nitrogens is 1. The van der Waals surface area contributed by atoms with Gasteiger partial charge in [-0.2, -0.15) is 15.4 Å². The molecule has 0 saturated carbocycles. The summed E-state index contributed by atoms with van der Waals surface area (Å²) in [6.07, 6.45) is 1.33. The van der Waals surface area contributed by atoms with E-state index in [2.05, 4.69) is 27.3 Å². The van der Waals surface area contributed by atoms with Gasteiger partial charge in [0, 0.05) is 5.03 Å². The lowest BCUT2D eigenvalue weighted by atomic mass is 10.4. The van der Waals surface area contributed by atoms with E-state index in [1.165, 1.54) is 6.20 Å². The summed E-state index contributed by atoms with van der Waals surface area (Å²) >= 11 is 5.43. The molecule has 0 saturated heterocycles. The Kier molecular flexibility index (Phi) is 2.82. The van der Waals surface area contributed by atoms with E-state index in [0.717, 1.165) is 0 Å². The van der Waals surface area contributed by atoms with Crippen LogP contribution in [-0.4, -0.2) is 27.9 Å². The minimum atomic E-state index is -0.328. The van der Waals surface area contributed by atoms with E-state index >= 15 is 0 Å². The molecule has 12 heavy (non-hydrogen) atoms. The Morgan fingerprint density at radius 2 is 2.58 bits per heavy atom. The van der Waals surface area contributed by atoms with Crippen LogP contribution in [0, 0.1) is 0 Å². The summed E-state index contributed by atoms with van der Waals surface area (Å²) < 4.78 is 0. The van der Waals surface area contributed by atoms with Crippen molar-refractivity contribution in [3.05, 3.63) is 23.5 Å². The Bertz CT molecular complexity index is 282. The van der Waals surface area contributed by atoms with Crippen LogP contribution in [0.1, 0.15) is 10.5 Å². The highest BCUT2D eigenvalue weighted by molar-refractivity contribution is 6.29. The molecule has 0 atom stereocenters. The molecular weight excluding hydrogens is 180 g/mol. The molecule has 0 aliphatic rings. The van der Waals surface area contributed by atoms with E-state index in [1.54, 1.807) is 0 Å². The van der Waals surface area contributed by atoms with Crippen molar-refractivity contribution in [2.75, 3.05) is 6.54 Å². The molecule has 1 heterocycles. The summed E-state index contributed by atoms with van der Waals surface area (Å²) in [4.78, 5) is 11.1. The van der Waals surface area contributed by atoms with Gasteiger partial charge >= 0.3 is 0 Å². The van der Waals surface area contributed by atoms with Crippen LogP contribution < -0.4 is 5.32 Å². The average molecular weight is 187 g/mol. The van der Waals surface area contributed by atoms with Crippen LogP contribution in [-0.2, 0) is 0 Å². The predicted molar refractivity (Wildman–Crippen MR) is 43.7 cm³/mol. The number of carbonyl (C=O) groups is 1. The first kappa shape index (κ1) is 8.73. The zero-order valence-electron chi connectivity index (χ0n) is 6.17. The van der Waals surface area contributed by atoms with E-state index in [0.29, 0.717) is 5.03 Å². The molecule has 0 fully saturated rings. The molecule has 1 rings (SSSR count). The summed E-state index contributed by atoms with van der Waals surface area (Å²) in [6, 6.07) is 0. The first-order chi connectivity index (χ1) is 5.70. The van der Waals surface area contributed by atoms with Gasteiger partial charge in [-0.15, -0.1) is 0 Å². The van der Waals surface area contributed by atoms with Crippen molar-refractivity contribution >= 4 is 17.5 Å². The minimum absolute atomic E-state index is 0.229. The van der Waals surface area contributed by atoms with Crippen LogP contribution >= 0.6 is 11.6 Å². The Morgan fingerprint density at radius 1 is 1.83 bits per heavy atom. The van der Waals surface area contributed by atoms with Gasteiger partial charge in [0.1, 0.15) is 0 Å². The second kappa shape index (κ2) is 3.87. The quantitative estimate of drug-likeness (QED) is 0.713. The monoisotopic (exact) mass is 186 g/mol. The summed E-state index contributed by atoms with van der Waals surface area (Å²) in [5, 5.41) is 12.2. The summed E-state index contributed by atoms with van der Waals surface area (Å²) in [5.74, 6) is -0.328. The van der Waals surface area contributed by atoms with Crippen LogP contribution in [0.3, 0.4) is 0 Å². The molecular formula is C6H7ClN4O. The van der Waals surface area contributed by atoms with Crippen LogP contribution in [0.15, 0.2) is 17.8 Å². The molecule has 0 aliphatic heterocycles. The molecule has 0 aromatic carbocycles. The topological polar surface area (TPSA) is 70.7 Å². The Hall–Kier alpha value is -1.36. The van der Waals surface area contributed by atoms with Gasteiger partial charge in [0.25, 0.3) is 5.91 Å². The van der Waals surface area contributed by atoms with Gasteiger partial charge in [-0.3, -0.25) is 4.79 Å². The molecule has 0 unspecified atom stereocenters. The Morgan fingerprint density at radius 3 is 3.08 bits per heavy atom. The van der Waals surface area contributed by atoms with Crippen molar-refractivity contribution in [3.63, 3.8) is 0 Å². The molecule has 1 amide bonds. The number of nitrogens with one attached hydrogen (secondary N) is 2. The maximum atomic E-state index is 11.1. The number of aromatic amines is 1. The molecule has 0 spiro atoms. The fourth-order valence-electron chi connectivity index (χ4n) is 0.578. The number of carbonyl (C=O) groups excluding carboxylic acids is 1. The Labute approximate surface area is 73.8 Å². The van der Waals surface area contributed by atoms with Gasteiger partial charge in [-0.25, -0.2) is 0 Å². The van der Waals surface area contributed by atoms with E-state index in [4.69, 9.17) is 11.6 Å². The SMILES string of the molecule is C=C(Cl)CNC(=O)c1cn[nH]n1. The molecule has 2 N–H and O–H groups in total. The molecule has 0 bridgehead atoms. The van der Waals surface area contributed by atoms with Crippen molar-refractivity contribution in [2.45, 2.75) is 0 Å². The molecule has 5 nitrogen and oxygen atoms in total. The number of nitrogens with zero attached hydrogens (tertiary/aromatic N) is 2. The smallest absolute Gasteiger partial charge is 0.273 e. The third-order valence-corrected chi connectivity index (χ3v) is 1.22. The lowest BCUT2D eigenvalue weighted by Gasteiger charge is -1.98.